The summed E-state index contributed by atoms with van der Waals surface area (Å²) in [5.74, 6) is 0. The molecule has 118 valence electrons. The summed E-state index contributed by atoms with van der Waals surface area (Å²) in [7, 11) is -1.62. The zero-order valence-corrected chi connectivity index (χ0v) is 14.0. The van der Waals surface area contributed by atoms with E-state index in [1.807, 2.05) is 7.05 Å². The molecular weight excluding hydrogens is 310 g/mol. The van der Waals surface area contributed by atoms with Gasteiger partial charge >= 0.3 is 0 Å². The number of halogens is 1. The Hall–Kier alpha value is -0.660. The molecule has 1 aromatic rings. The Morgan fingerprint density at radius 2 is 1.90 bits per heavy atom. The van der Waals surface area contributed by atoms with Gasteiger partial charge in [-0.15, -0.1) is 0 Å². The molecule has 0 amide bonds. The van der Waals surface area contributed by atoms with Crippen LogP contribution >= 0.6 is 11.6 Å². The van der Waals surface area contributed by atoms with Gasteiger partial charge in [0.1, 0.15) is 0 Å². The Labute approximate surface area is 131 Å². The standard InChI is InChI=1S/C14H22ClN3O2S/c1-3-17-6-8-18(9-7-17)21(19,20)13-4-5-14(15)12(10-13)11-16-2/h4-5,10,16H,3,6-9,11H2,1-2H3. The van der Waals surface area contributed by atoms with E-state index < -0.39 is 10.0 Å². The van der Waals surface area contributed by atoms with E-state index in [0.29, 0.717) is 29.6 Å². The minimum absolute atomic E-state index is 0.321. The van der Waals surface area contributed by atoms with Gasteiger partial charge in [0.05, 0.1) is 4.90 Å². The molecule has 0 bridgehead atoms. The molecule has 0 unspecified atom stereocenters. The Bertz CT molecular complexity index is 584. The van der Waals surface area contributed by atoms with Crippen molar-refractivity contribution in [2.75, 3.05) is 39.8 Å². The molecule has 1 fully saturated rings. The summed E-state index contributed by atoms with van der Waals surface area (Å²) in [6.45, 7) is 6.25. The van der Waals surface area contributed by atoms with Crippen molar-refractivity contribution in [1.29, 1.82) is 0 Å². The average molecular weight is 332 g/mol. The van der Waals surface area contributed by atoms with Gasteiger partial charge in [-0.1, -0.05) is 18.5 Å². The predicted molar refractivity (Wildman–Crippen MR) is 85.1 cm³/mol. The van der Waals surface area contributed by atoms with Crippen molar-refractivity contribution >= 4 is 21.6 Å². The van der Waals surface area contributed by atoms with Crippen molar-refractivity contribution in [2.24, 2.45) is 0 Å². The van der Waals surface area contributed by atoms with E-state index >= 15 is 0 Å². The first-order valence-corrected chi connectivity index (χ1v) is 8.96. The molecule has 1 aliphatic heterocycles. The predicted octanol–water partition coefficient (Wildman–Crippen LogP) is 1.39. The second-order valence-electron chi connectivity index (χ2n) is 5.12. The Balaban J connectivity index is 2.22. The number of hydrogen-bond donors (Lipinski definition) is 1. The number of rotatable bonds is 5. The number of nitrogens with zero attached hydrogens (tertiary/aromatic N) is 2. The lowest BCUT2D eigenvalue weighted by Crippen LogP contribution is -2.48. The minimum Gasteiger partial charge on any atom is -0.316 e. The van der Waals surface area contributed by atoms with E-state index in [9.17, 15) is 8.42 Å². The zero-order chi connectivity index (χ0) is 15.5. The van der Waals surface area contributed by atoms with Crippen molar-refractivity contribution in [3.8, 4) is 0 Å². The molecule has 2 rings (SSSR count). The van der Waals surface area contributed by atoms with E-state index in [4.69, 9.17) is 11.6 Å². The molecular formula is C14H22ClN3O2S. The lowest BCUT2D eigenvalue weighted by atomic mass is 10.2. The summed E-state index contributed by atoms with van der Waals surface area (Å²) in [6.07, 6.45) is 0. The molecule has 1 aliphatic rings. The fourth-order valence-corrected chi connectivity index (χ4v) is 4.13. The first kappa shape index (κ1) is 16.7. The molecule has 0 atom stereocenters. The Kier molecular flexibility index (Phi) is 5.62. The molecule has 0 radical (unpaired) electrons. The van der Waals surface area contributed by atoms with Gasteiger partial charge < -0.3 is 10.2 Å². The minimum atomic E-state index is -3.43. The third kappa shape index (κ3) is 3.76. The fraction of sp³-hybridized carbons (Fsp3) is 0.571. The number of nitrogens with one attached hydrogen (secondary N) is 1. The second-order valence-corrected chi connectivity index (χ2v) is 7.47. The van der Waals surface area contributed by atoms with Gasteiger partial charge in [0.25, 0.3) is 0 Å². The molecule has 1 aromatic carbocycles. The molecule has 0 aromatic heterocycles. The van der Waals surface area contributed by atoms with E-state index in [1.165, 1.54) is 0 Å². The molecule has 0 spiro atoms. The van der Waals surface area contributed by atoms with Crippen molar-refractivity contribution in [2.45, 2.75) is 18.4 Å². The van der Waals surface area contributed by atoms with Crippen LogP contribution in [0.3, 0.4) is 0 Å². The van der Waals surface area contributed by atoms with Crippen LogP contribution in [0.15, 0.2) is 23.1 Å². The van der Waals surface area contributed by atoms with E-state index in [2.05, 4.69) is 17.1 Å². The van der Waals surface area contributed by atoms with Crippen molar-refractivity contribution in [3.05, 3.63) is 28.8 Å². The SMILES string of the molecule is CCN1CCN(S(=O)(=O)c2ccc(Cl)c(CNC)c2)CC1. The van der Waals surface area contributed by atoms with Gasteiger partial charge in [-0.2, -0.15) is 4.31 Å². The number of likely N-dealkylation sites (N-methyl/N-ethyl adjacent to an activating group) is 1. The summed E-state index contributed by atoms with van der Waals surface area (Å²) in [5.41, 5.74) is 0.799. The molecule has 1 saturated heterocycles. The summed E-state index contributed by atoms with van der Waals surface area (Å²) < 4.78 is 26.9. The van der Waals surface area contributed by atoms with E-state index in [1.54, 1.807) is 22.5 Å². The maximum atomic E-state index is 12.7. The molecule has 0 aliphatic carbocycles. The van der Waals surface area contributed by atoms with Crippen LogP contribution in [0.1, 0.15) is 12.5 Å². The van der Waals surface area contributed by atoms with Crippen LogP contribution in [0, 0.1) is 0 Å². The van der Waals surface area contributed by atoms with Gasteiger partial charge in [0.15, 0.2) is 0 Å². The lowest BCUT2D eigenvalue weighted by Gasteiger charge is -2.33. The molecule has 1 heterocycles. The molecule has 21 heavy (non-hydrogen) atoms. The second kappa shape index (κ2) is 7.07. The number of hydrogen-bond acceptors (Lipinski definition) is 4. The number of sulfonamides is 1. The van der Waals surface area contributed by atoms with Crippen LogP contribution in [0.25, 0.3) is 0 Å². The van der Waals surface area contributed by atoms with Crippen LogP contribution in [-0.2, 0) is 16.6 Å². The highest BCUT2D eigenvalue weighted by Gasteiger charge is 2.28. The van der Waals surface area contributed by atoms with Crippen LogP contribution in [0.4, 0.5) is 0 Å². The van der Waals surface area contributed by atoms with Crippen molar-refractivity contribution in [3.63, 3.8) is 0 Å². The Morgan fingerprint density at radius 3 is 2.48 bits per heavy atom. The molecule has 7 heteroatoms. The van der Waals surface area contributed by atoms with Gasteiger partial charge in [-0.25, -0.2) is 8.42 Å². The largest absolute Gasteiger partial charge is 0.316 e. The maximum Gasteiger partial charge on any atom is 0.243 e. The first-order chi connectivity index (χ1) is 9.98. The smallest absolute Gasteiger partial charge is 0.243 e. The average Bonchev–Trinajstić information content (AvgIpc) is 2.49. The summed E-state index contributed by atoms with van der Waals surface area (Å²) >= 11 is 6.09. The van der Waals surface area contributed by atoms with Crippen LogP contribution in [-0.4, -0.2) is 57.4 Å². The van der Waals surface area contributed by atoms with E-state index in [-0.39, 0.29) is 0 Å². The van der Waals surface area contributed by atoms with Crippen molar-refractivity contribution in [1.82, 2.24) is 14.5 Å². The highest BCUT2D eigenvalue weighted by molar-refractivity contribution is 7.89. The maximum absolute atomic E-state index is 12.7. The highest BCUT2D eigenvalue weighted by Crippen LogP contribution is 2.23. The Morgan fingerprint density at radius 1 is 1.24 bits per heavy atom. The van der Waals surface area contributed by atoms with Crippen LogP contribution in [0.5, 0.6) is 0 Å². The lowest BCUT2D eigenvalue weighted by molar-refractivity contribution is 0.196. The topological polar surface area (TPSA) is 52.7 Å². The number of benzene rings is 1. The fourth-order valence-electron chi connectivity index (χ4n) is 2.47. The van der Waals surface area contributed by atoms with Gasteiger partial charge in [0, 0.05) is 37.7 Å². The summed E-state index contributed by atoms with van der Waals surface area (Å²) in [4.78, 5) is 2.57. The highest BCUT2D eigenvalue weighted by atomic mass is 35.5. The molecule has 5 nitrogen and oxygen atoms in total. The zero-order valence-electron chi connectivity index (χ0n) is 12.5. The van der Waals surface area contributed by atoms with Crippen LogP contribution in [0.2, 0.25) is 5.02 Å². The monoisotopic (exact) mass is 331 g/mol. The van der Waals surface area contributed by atoms with E-state index in [0.717, 1.165) is 25.2 Å². The third-order valence-electron chi connectivity index (χ3n) is 3.80. The van der Waals surface area contributed by atoms with Gasteiger partial charge in [0.2, 0.25) is 10.0 Å². The van der Waals surface area contributed by atoms with Crippen LogP contribution < -0.4 is 5.32 Å². The third-order valence-corrected chi connectivity index (χ3v) is 6.06. The quantitative estimate of drug-likeness (QED) is 0.886. The summed E-state index contributed by atoms with van der Waals surface area (Å²) in [6, 6.07) is 4.91. The molecule has 0 saturated carbocycles. The normalized spacial score (nSPS) is 18.0. The number of piperazine rings is 1. The van der Waals surface area contributed by atoms with Gasteiger partial charge in [-0.05, 0) is 37.4 Å². The molecule has 1 N–H and O–H groups in total. The first-order valence-electron chi connectivity index (χ1n) is 7.14. The summed E-state index contributed by atoms with van der Waals surface area (Å²) in [5, 5.41) is 3.58. The van der Waals surface area contributed by atoms with Crippen molar-refractivity contribution < 1.29 is 8.42 Å². The van der Waals surface area contributed by atoms with Gasteiger partial charge in [-0.3, -0.25) is 0 Å².